The smallest absolute Gasteiger partial charge is 0.133 e. The lowest BCUT2D eigenvalue weighted by atomic mass is 10.0. The zero-order valence-corrected chi connectivity index (χ0v) is 24.4. The average molecular weight is 640 g/mol. The maximum Gasteiger partial charge on any atom is 0.133 e. The zero-order chi connectivity index (χ0) is 26.5. The summed E-state index contributed by atoms with van der Waals surface area (Å²) in [6.07, 6.45) is 10.8. The molecule has 0 radical (unpaired) electrons. The normalized spacial score (nSPS) is 15.2. The van der Waals surface area contributed by atoms with Crippen molar-refractivity contribution in [1.82, 2.24) is 30.0 Å². The fraction of sp³-hybridized carbons (Fsp3) is 0.286. The lowest BCUT2D eigenvalue weighted by molar-refractivity contribution is 0.279. The molecule has 0 amide bonds. The molecule has 2 aromatic heterocycles. The van der Waals surface area contributed by atoms with E-state index in [2.05, 4.69) is 76.8 Å². The first-order valence-corrected chi connectivity index (χ1v) is 14.0. The van der Waals surface area contributed by atoms with Gasteiger partial charge < -0.3 is 9.47 Å². The number of hydrogen-bond acceptors (Lipinski definition) is 6. The molecule has 1 aliphatic rings. The predicted molar refractivity (Wildman–Crippen MR) is 154 cm³/mol. The Bertz CT molecular complexity index is 1480. The van der Waals surface area contributed by atoms with E-state index in [0.29, 0.717) is 0 Å². The summed E-state index contributed by atoms with van der Waals surface area (Å²) in [6.45, 7) is 1.50. The van der Waals surface area contributed by atoms with Crippen LogP contribution in [0.2, 0.25) is 0 Å². The summed E-state index contributed by atoms with van der Waals surface area (Å²) >= 11 is 7.23. The Morgan fingerprint density at radius 1 is 0.868 bits per heavy atom. The zero-order valence-electron chi connectivity index (χ0n) is 21.2. The number of methoxy groups -OCH3 is 2. The van der Waals surface area contributed by atoms with Crippen LogP contribution in [0.25, 0.3) is 22.5 Å². The SMILES string of the molecule is COC1=CC=C(CCn2cc(-c3cccc(-c4cn(CCc5ccc(OC)c(Br)c5)nn4)c3)nn2)CC1Br. The van der Waals surface area contributed by atoms with Gasteiger partial charge in [0.25, 0.3) is 0 Å². The number of rotatable bonds is 10. The summed E-state index contributed by atoms with van der Waals surface area (Å²) in [6, 6.07) is 14.3. The third-order valence-electron chi connectivity index (χ3n) is 6.51. The molecule has 0 bridgehead atoms. The number of allylic oxidation sites excluding steroid dienone is 4. The van der Waals surface area contributed by atoms with Crippen molar-refractivity contribution < 1.29 is 9.47 Å². The summed E-state index contributed by atoms with van der Waals surface area (Å²) in [7, 11) is 3.37. The van der Waals surface area contributed by atoms with E-state index in [9.17, 15) is 0 Å². The molecule has 10 heteroatoms. The fourth-order valence-electron chi connectivity index (χ4n) is 4.37. The first kappa shape index (κ1) is 26.4. The number of benzene rings is 2. The minimum Gasteiger partial charge on any atom is -0.500 e. The van der Waals surface area contributed by atoms with Crippen LogP contribution < -0.4 is 4.74 Å². The van der Waals surface area contributed by atoms with E-state index in [0.717, 1.165) is 70.8 Å². The van der Waals surface area contributed by atoms with Gasteiger partial charge in [0.05, 0.1) is 35.9 Å². The Balaban J connectivity index is 1.21. The topological polar surface area (TPSA) is 79.9 Å². The van der Waals surface area contributed by atoms with E-state index in [1.54, 1.807) is 14.2 Å². The van der Waals surface area contributed by atoms with Crippen molar-refractivity contribution in [2.45, 2.75) is 37.2 Å². The highest BCUT2D eigenvalue weighted by atomic mass is 79.9. The molecule has 1 atom stereocenters. The molecule has 0 N–H and O–H groups in total. The van der Waals surface area contributed by atoms with Gasteiger partial charge in [-0.2, -0.15) is 0 Å². The van der Waals surface area contributed by atoms with Crippen molar-refractivity contribution in [3.63, 3.8) is 0 Å². The van der Waals surface area contributed by atoms with Crippen molar-refractivity contribution in [2.24, 2.45) is 0 Å². The van der Waals surface area contributed by atoms with Crippen LogP contribution in [0.1, 0.15) is 18.4 Å². The minimum absolute atomic E-state index is 0.226. The number of alkyl halides is 1. The van der Waals surface area contributed by atoms with Gasteiger partial charge in [0, 0.05) is 24.2 Å². The standard InChI is InChI=1S/C28H28Br2N6O2/c1-37-27-8-6-19(14-23(27)29)10-12-35-17-25(31-33-35)21-4-3-5-22(16-21)26-18-36(34-32-26)13-11-20-7-9-28(38-2)24(30)15-20/h3-9,14,16-18,24H,10-13,15H2,1-2H3. The van der Waals surface area contributed by atoms with E-state index < -0.39 is 0 Å². The van der Waals surface area contributed by atoms with Crippen molar-refractivity contribution in [1.29, 1.82) is 0 Å². The first-order valence-electron chi connectivity index (χ1n) is 12.3. The molecule has 0 aliphatic heterocycles. The monoisotopic (exact) mass is 638 g/mol. The molecule has 2 aromatic carbocycles. The van der Waals surface area contributed by atoms with Crippen LogP contribution in [0, 0.1) is 0 Å². The van der Waals surface area contributed by atoms with E-state index >= 15 is 0 Å². The van der Waals surface area contributed by atoms with Crippen molar-refractivity contribution >= 4 is 31.9 Å². The summed E-state index contributed by atoms with van der Waals surface area (Å²) in [5.74, 6) is 1.78. The van der Waals surface area contributed by atoms with E-state index in [-0.39, 0.29) is 4.83 Å². The van der Waals surface area contributed by atoms with Gasteiger partial charge in [-0.1, -0.05) is 62.3 Å². The second-order valence-corrected chi connectivity index (χ2v) is 11.0. The molecular weight excluding hydrogens is 612 g/mol. The summed E-state index contributed by atoms with van der Waals surface area (Å²) in [4.78, 5) is 0.226. The van der Waals surface area contributed by atoms with Crippen LogP contribution in [-0.2, 0) is 24.2 Å². The second kappa shape index (κ2) is 12.1. The Labute approximate surface area is 238 Å². The lowest BCUT2D eigenvalue weighted by Crippen LogP contribution is -2.11. The van der Waals surface area contributed by atoms with Gasteiger partial charge in [-0.3, -0.25) is 9.36 Å². The highest BCUT2D eigenvalue weighted by molar-refractivity contribution is 9.10. The molecule has 38 heavy (non-hydrogen) atoms. The van der Waals surface area contributed by atoms with Gasteiger partial charge in [0.2, 0.25) is 0 Å². The van der Waals surface area contributed by atoms with Gasteiger partial charge in [0.15, 0.2) is 0 Å². The maximum absolute atomic E-state index is 5.38. The number of aryl methyl sites for hydroxylation is 3. The molecular formula is C28H28Br2N6O2. The molecule has 4 aromatic rings. The van der Waals surface area contributed by atoms with Crippen LogP contribution in [0.5, 0.6) is 5.75 Å². The van der Waals surface area contributed by atoms with Gasteiger partial charge in [0.1, 0.15) is 22.9 Å². The lowest BCUT2D eigenvalue weighted by Gasteiger charge is -2.19. The average Bonchev–Trinajstić information content (AvgIpc) is 3.61. The Morgan fingerprint density at radius 2 is 1.55 bits per heavy atom. The Morgan fingerprint density at radius 3 is 2.16 bits per heavy atom. The van der Waals surface area contributed by atoms with E-state index in [4.69, 9.17) is 9.47 Å². The minimum atomic E-state index is 0.226. The van der Waals surface area contributed by atoms with Gasteiger partial charge >= 0.3 is 0 Å². The maximum atomic E-state index is 5.38. The van der Waals surface area contributed by atoms with Crippen molar-refractivity contribution in [3.8, 4) is 28.3 Å². The largest absolute Gasteiger partial charge is 0.500 e. The first-order chi connectivity index (χ1) is 18.5. The van der Waals surface area contributed by atoms with Crippen molar-refractivity contribution in [3.05, 3.63) is 88.4 Å². The molecule has 2 heterocycles. The molecule has 1 unspecified atom stereocenters. The van der Waals surface area contributed by atoms with Crippen LogP contribution in [0.3, 0.4) is 0 Å². The molecule has 0 saturated carbocycles. The molecule has 0 spiro atoms. The third kappa shape index (κ3) is 6.24. The van der Waals surface area contributed by atoms with Gasteiger partial charge in [-0.15, -0.1) is 10.2 Å². The molecule has 196 valence electrons. The van der Waals surface area contributed by atoms with Crippen LogP contribution in [0.4, 0.5) is 0 Å². The quantitative estimate of drug-likeness (QED) is 0.191. The molecule has 0 saturated heterocycles. The summed E-state index contributed by atoms with van der Waals surface area (Å²) < 4.78 is 15.4. The van der Waals surface area contributed by atoms with E-state index in [1.807, 2.05) is 52.1 Å². The molecule has 0 fully saturated rings. The highest BCUT2D eigenvalue weighted by Crippen LogP contribution is 2.29. The number of aromatic nitrogens is 6. The van der Waals surface area contributed by atoms with Crippen LogP contribution in [0.15, 0.2) is 82.8 Å². The molecule has 8 nitrogen and oxygen atoms in total. The number of nitrogens with zero attached hydrogens (tertiary/aromatic N) is 6. The Kier molecular flexibility index (Phi) is 8.38. The molecule has 5 rings (SSSR count). The number of hydrogen-bond donors (Lipinski definition) is 0. The molecule has 1 aliphatic carbocycles. The van der Waals surface area contributed by atoms with Gasteiger partial charge in [-0.05, 0) is 65.0 Å². The van der Waals surface area contributed by atoms with Crippen LogP contribution in [-0.4, -0.2) is 49.0 Å². The fourth-order valence-corrected chi connectivity index (χ4v) is 5.71. The van der Waals surface area contributed by atoms with E-state index in [1.165, 1.54) is 11.1 Å². The third-order valence-corrected chi connectivity index (χ3v) is 7.90. The highest BCUT2D eigenvalue weighted by Gasteiger charge is 2.17. The Hall–Kier alpha value is -3.24. The van der Waals surface area contributed by atoms with Crippen molar-refractivity contribution in [2.75, 3.05) is 14.2 Å². The summed E-state index contributed by atoms with van der Waals surface area (Å²) in [5.41, 5.74) is 6.20. The van der Waals surface area contributed by atoms with Crippen LogP contribution >= 0.6 is 31.9 Å². The van der Waals surface area contributed by atoms with Gasteiger partial charge in [-0.25, -0.2) is 0 Å². The summed E-state index contributed by atoms with van der Waals surface area (Å²) in [5, 5.41) is 17.5. The predicted octanol–water partition coefficient (Wildman–Crippen LogP) is 6.23. The second-order valence-electron chi connectivity index (χ2n) is 9.05. The number of halogens is 2. The number of ether oxygens (including phenoxy) is 2.